The molecule has 0 aromatic rings. The Bertz CT molecular complexity index is 140. The molecular formula is C6H11N3O. The summed E-state index contributed by atoms with van der Waals surface area (Å²) in [6.07, 6.45) is 3.06. The van der Waals surface area contributed by atoms with E-state index in [2.05, 4.69) is 5.43 Å². The number of rotatable bonds is 2. The quantitative estimate of drug-likeness (QED) is 0.521. The van der Waals surface area contributed by atoms with Gasteiger partial charge in [-0.1, -0.05) is 0 Å². The third-order valence-electron chi connectivity index (χ3n) is 1.51. The van der Waals surface area contributed by atoms with E-state index in [-0.39, 0.29) is 5.91 Å². The molecule has 0 aromatic carbocycles. The Morgan fingerprint density at radius 2 is 2.10 bits per heavy atom. The molecule has 1 fully saturated rings. The molecule has 1 heterocycles. The molecule has 1 saturated heterocycles. The maximum Gasteiger partial charge on any atom is 0.275 e. The third-order valence-corrected chi connectivity index (χ3v) is 1.51. The highest BCUT2D eigenvalue weighted by Crippen LogP contribution is 2.02. The van der Waals surface area contributed by atoms with Gasteiger partial charge < -0.3 is 5.41 Å². The Balaban J connectivity index is 2.23. The molecule has 0 radical (unpaired) electrons. The molecule has 2 N–H and O–H groups in total. The minimum atomic E-state index is -0.332. The Labute approximate surface area is 59.7 Å². The lowest BCUT2D eigenvalue weighted by Crippen LogP contribution is -2.40. The van der Waals surface area contributed by atoms with Crippen LogP contribution in [0.1, 0.15) is 12.8 Å². The molecule has 1 rings (SSSR count). The molecule has 0 atom stereocenters. The topological polar surface area (TPSA) is 56.2 Å². The molecule has 0 aliphatic carbocycles. The van der Waals surface area contributed by atoms with Gasteiger partial charge in [0.05, 0.1) is 6.21 Å². The first-order valence-corrected chi connectivity index (χ1v) is 3.39. The molecule has 4 heteroatoms. The van der Waals surface area contributed by atoms with Gasteiger partial charge in [-0.05, 0) is 12.8 Å². The third kappa shape index (κ3) is 1.80. The summed E-state index contributed by atoms with van der Waals surface area (Å²) >= 11 is 0. The van der Waals surface area contributed by atoms with E-state index in [0.717, 1.165) is 32.1 Å². The van der Waals surface area contributed by atoms with Crippen molar-refractivity contribution in [1.82, 2.24) is 10.4 Å². The minimum absolute atomic E-state index is 0.332. The van der Waals surface area contributed by atoms with Gasteiger partial charge in [0.15, 0.2) is 0 Å². The minimum Gasteiger partial charge on any atom is -0.303 e. The number of nitrogens with zero attached hydrogens (tertiary/aromatic N) is 1. The largest absolute Gasteiger partial charge is 0.303 e. The van der Waals surface area contributed by atoms with Crippen molar-refractivity contribution in [3.05, 3.63) is 0 Å². The predicted molar refractivity (Wildman–Crippen MR) is 37.7 cm³/mol. The van der Waals surface area contributed by atoms with E-state index in [1.54, 1.807) is 0 Å². The van der Waals surface area contributed by atoms with Crippen LogP contribution in [0.25, 0.3) is 0 Å². The number of hydrogen-bond acceptors (Lipinski definition) is 3. The Kier molecular flexibility index (Phi) is 2.39. The highest BCUT2D eigenvalue weighted by molar-refractivity contribution is 6.24. The van der Waals surface area contributed by atoms with E-state index in [9.17, 15) is 4.79 Å². The Morgan fingerprint density at radius 3 is 2.60 bits per heavy atom. The maximum atomic E-state index is 10.6. The number of carbonyl (C=O) groups excluding carboxylic acids is 1. The summed E-state index contributed by atoms with van der Waals surface area (Å²) in [6, 6.07) is 0. The molecule has 0 aromatic heterocycles. The van der Waals surface area contributed by atoms with E-state index < -0.39 is 0 Å². The van der Waals surface area contributed by atoms with Gasteiger partial charge in [0.25, 0.3) is 5.91 Å². The van der Waals surface area contributed by atoms with Crippen molar-refractivity contribution in [2.45, 2.75) is 12.8 Å². The van der Waals surface area contributed by atoms with Crippen LogP contribution in [0.5, 0.6) is 0 Å². The van der Waals surface area contributed by atoms with Crippen LogP contribution in [0.15, 0.2) is 0 Å². The molecule has 4 nitrogen and oxygen atoms in total. The summed E-state index contributed by atoms with van der Waals surface area (Å²) in [5.41, 5.74) is 2.58. The first kappa shape index (κ1) is 7.21. The van der Waals surface area contributed by atoms with Gasteiger partial charge in [0.1, 0.15) is 0 Å². The number of amides is 1. The van der Waals surface area contributed by atoms with Crippen molar-refractivity contribution in [3.63, 3.8) is 0 Å². The van der Waals surface area contributed by atoms with Crippen LogP contribution in [0.2, 0.25) is 0 Å². The second-order valence-electron chi connectivity index (χ2n) is 2.31. The number of hydrazine groups is 1. The highest BCUT2D eigenvalue weighted by Gasteiger charge is 2.11. The summed E-state index contributed by atoms with van der Waals surface area (Å²) in [7, 11) is 0. The van der Waals surface area contributed by atoms with Crippen molar-refractivity contribution in [2.24, 2.45) is 0 Å². The molecule has 0 unspecified atom stereocenters. The number of hydrogen-bond donors (Lipinski definition) is 2. The molecular weight excluding hydrogens is 130 g/mol. The Morgan fingerprint density at radius 1 is 1.50 bits per heavy atom. The molecule has 1 amide bonds. The summed E-state index contributed by atoms with van der Waals surface area (Å²) in [6.45, 7) is 1.83. The van der Waals surface area contributed by atoms with Crippen LogP contribution in [0, 0.1) is 5.41 Å². The van der Waals surface area contributed by atoms with Gasteiger partial charge in [-0.2, -0.15) is 0 Å². The number of nitrogens with one attached hydrogen (secondary N) is 2. The lowest BCUT2D eigenvalue weighted by atomic mass is 10.4. The first-order chi connectivity index (χ1) is 4.83. The zero-order valence-electron chi connectivity index (χ0n) is 5.76. The standard InChI is InChI=1S/C6H11N3O/c7-5-6(10)8-9-3-1-2-4-9/h5,7H,1-4H2,(H,8,10). The van der Waals surface area contributed by atoms with Gasteiger partial charge in [0.2, 0.25) is 0 Å². The van der Waals surface area contributed by atoms with Crippen molar-refractivity contribution < 1.29 is 4.79 Å². The fourth-order valence-electron chi connectivity index (χ4n) is 1.02. The zero-order chi connectivity index (χ0) is 7.40. The zero-order valence-corrected chi connectivity index (χ0v) is 5.76. The van der Waals surface area contributed by atoms with Crippen LogP contribution in [-0.4, -0.2) is 30.2 Å². The van der Waals surface area contributed by atoms with Crippen molar-refractivity contribution >= 4 is 12.1 Å². The van der Waals surface area contributed by atoms with E-state index in [1.165, 1.54) is 0 Å². The summed E-state index contributed by atoms with van der Waals surface area (Å²) in [5.74, 6) is -0.332. The monoisotopic (exact) mass is 141 g/mol. The molecule has 1 aliphatic rings. The smallest absolute Gasteiger partial charge is 0.275 e. The fraction of sp³-hybridized carbons (Fsp3) is 0.667. The van der Waals surface area contributed by atoms with Gasteiger partial charge in [0, 0.05) is 13.1 Å². The van der Waals surface area contributed by atoms with Crippen LogP contribution >= 0.6 is 0 Å². The van der Waals surface area contributed by atoms with Crippen LogP contribution in [0.4, 0.5) is 0 Å². The SMILES string of the molecule is N=CC(=O)NN1CCCC1. The second kappa shape index (κ2) is 3.31. The van der Waals surface area contributed by atoms with Gasteiger partial charge >= 0.3 is 0 Å². The first-order valence-electron chi connectivity index (χ1n) is 3.39. The average Bonchev–Trinajstić information content (AvgIpc) is 2.40. The van der Waals surface area contributed by atoms with Gasteiger partial charge in [-0.25, -0.2) is 5.01 Å². The van der Waals surface area contributed by atoms with Crippen molar-refractivity contribution in [3.8, 4) is 0 Å². The average molecular weight is 141 g/mol. The normalized spacial score (nSPS) is 18.8. The fourth-order valence-corrected chi connectivity index (χ4v) is 1.02. The lowest BCUT2D eigenvalue weighted by molar-refractivity contribution is -0.118. The van der Waals surface area contributed by atoms with Crippen LogP contribution in [0.3, 0.4) is 0 Å². The summed E-state index contributed by atoms with van der Waals surface area (Å²) < 4.78 is 0. The van der Waals surface area contributed by atoms with Gasteiger partial charge in [-0.15, -0.1) is 0 Å². The summed E-state index contributed by atoms with van der Waals surface area (Å²) in [5, 5.41) is 8.45. The van der Waals surface area contributed by atoms with E-state index in [0.29, 0.717) is 0 Å². The van der Waals surface area contributed by atoms with Crippen molar-refractivity contribution in [1.29, 1.82) is 5.41 Å². The van der Waals surface area contributed by atoms with Crippen LogP contribution in [-0.2, 0) is 4.79 Å². The lowest BCUT2D eigenvalue weighted by Gasteiger charge is -2.13. The second-order valence-corrected chi connectivity index (χ2v) is 2.31. The highest BCUT2D eigenvalue weighted by atomic mass is 16.2. The Hall–Kier alpha value is -0.900. The van der Waals surface area contributed by atoms with Crippen LogP contribution < -0.4 is 5.43 Å². The molecule has 0 spiro atoms. The molecule has 56 valence electrons. The van der Waals surface area contributed by atoms with E-state index in [4.69, 9.17) is 5.41 Å². The summed E-state index contributed by atoms with van der Waals surface area (Å²) in [4.78, 5) is 10.6. The molecule has 10 heavy (non-hydrogen) atoms. The predicted octanol–water partition coefficient (Wildman–Crippen LogP) is -0.237. The number of carbonyl (C=O) groups is 1. The van der Waals surface area contributed by atoms with Crippen molar-refractivity contribution in [2.75, 3.05) is 13.1 Å². The van der Waals surface area contributed by atoms with E-state index in [1.807, 2.05) is 5.01 Å². The maximum absolute atomic E-state index is 10.6. The van der Waals surface area contributed by atoms with E-state index >= 15 is 0 Å². The molecule has 1 aliphatic heterocycles. The molecule has 0 bridgehead atoms. The molecule has 0 saturated carbocycles. The van der Waals surface area contributed by atoms with Gasteiger partial charge in [-0.3, -0.25) is 10.2 Å².